The molecule has 0 aliphatic rings. The molecule has 0 amide bonds. The van der Waals surface area contributed by atoms with Crippen LogP contribution in [0.2, 0.25) is 0 Å². The fourth-order valence-corrected chi connectivity index (χ4v) is 4.08. The van der Waals surface area contributed by atoms with Gasteiger partial charge in [-0.15, -0.1) is 0 Å². The molecule has 0 bridgehead atoms. The lowest BCUT2D eigenvalue weighted by Gasteiger charge is -2.20. The molecule has 1 aromatic carbocycles. The van der Waals surface area contributed by atoms with Gasteiger partial charge in [0.25, 0.3) is 25.8 Å². The van der Waals surface area contributed by atoms with Gasteiger partial charge in [0.2, 0.25) is 0 Å². The van der Waals surface area contributed by atoms with E-state index in [0.29, 0.717) is 0 Å². The summed E-state index contributed by atoms with van der Waals surface area (Å²) in [6, 6.07) is 7.72. The SMILES string of the molecule is Cc1cc(O)n(C(c2ccccc2)S(=O)(=O)O)c(=O)c1S(=O)(=O)O. The first kappa shape index (κ1) is 18.1. The van der Waals surface area contributed by atoms with E-state index in [4.69, 9.17) is 0 Å². The minimum Gasteiger partial charge on any atom is -0.494 e. The molecule has 0 saturated carbocycles. The smallest absolute Gasteiger partial charge is 0.300 e. The minimum absolute atomic E-state index is 0.0949. The van der Waals surface area contributed by atoms with E-state index in [9.17, 15) is 35.8 Å². The standard InChI is InChI=1S/C13H13NO8S2/c1-8-7-10(15)14(12(16)11(8)23(17,18)19)13(24(20,21)22)9-5-3-2-4-6-9/h2-7,13,15H,1H3,(H,17,18,19)(H,20,21,22). The van der Waals surface area contributed by atoms with Crippen molar-refractivity contribution in [1.82, 2.24) is 4.57 Å². The van der Waals surface area contributed by atoms with Gasteiger partial charge in [0, 0.05) is 6.07 Å². The largest absolute Gasteiger partial charge is 0.494 e. The van der Waals surface area contributed by atoms with Gasteiger partial charge in [0.05, 0.1) is 0 Å². The molecule has 2 aromatic rings. The Hall–Kier alpha value is -2.21. The van der Waals surface area contributed by atoms with Gasteiger partial charge in [-0.3, -0.25) is 18.5 Å². The monoisotopic (exact) mass is 375 g/mol. The first-order chi connectivity index (χ1) is 10.9. The van der Waals surface area contributed by atoms with Crippen LogP contribution < -0.4 is 5.56 Å². The van der Waals surface area contributed by atoms with Crippen molar-refractivity contribution in [3.8, 4) is 5.88 Å². The highest BCUT2D eigenvalue weighted by atomic mass is 32.2. The quantitative estimate of drug-likeness (QED) is 0.655. The van der Waals surface area contributed by atoms with Crippen molar-refractivity contribution in [3.05, 3.63) is 57.9 Å². The maximum atomic E-state index is 12.4. The third-order valence-corrected chi connectivity index (χ3v) is 5.28. The van der Waals surface area contributed by atoms with Crippen LogP contribution in [0.4, 0.5) is 0 Å². The van der Waals surface area contributed by atoms with E-state index in [1.165, 1.54) is 24.3 Å². The van der Waals surface area contributed by atoms with E-state index in [0.717, 1.165) is 13.0 Å². The summed E-state index contributed by atoms with van der Waals surface area (Å²) in [6.45, 7) is 1.14. The normalized spacial score (nSPS) is 13.6. The van der Waals surface area contributed by atoms with Gasteiger partial charge in [-0.1, -0.05) is 30.3 Å². The van der Waals surface area contributed by atoms with Gasteiger partial charge in [-0.25, -0.2) is 0 Å². The first-order valence-electron chi connectivity index (χ1n) is 6.38. The van der Waals surface area contributed by atoms with Crippen molar-refractivity contribution < 1.29 is 31.0 Å². The van der Waals surface area contributed by atoms with Crippen LogP contribution in [-0.4, -0.2) is 35.6 Å². The Morgan fingerprint density at radius 1 is 1.04 bits per heavy atom. The van der Waals surface area contributed by atoms with Gasteiger partial charge in [-0.05, 0) is 18.1 Å². The molecule has 0 saturated heterocycles. The number of hydrogen-bond acceptors (Lipinski definition) is 6. The zero-order valence-electron chi connectivity index (χ0n) is 12.2. The predicted molar refractivity (Wildman–Crippen MR) is 83.0 cm³/mol. The highest BCUT2D eigenvalue weighted by Gasteiger charge is 2.33. The summed E-state index contributed by atoms with van der Waals surface area (Å²) in [5, 5.41) is 7.88. The maximum absolute atomic E-state index is 12.4. The number of pyridine rings is 1. The molecular formula is C13H13NO8S2. The van der Waals surface area contributed by atoms with Gasteiger partial charge in [0.1, 0.15) is 0 Å². The molecule has 1 atom stereocenters. The lowest BCUT2D eigenvalue weighted by Crippen LogP contribution is -2.34. The Labute approximate surface area is 137 Å². The number of aromatic nitrogens is 1. The second-order valence-corrected chi connectivity index (χ2v) is 7.78. The maximum Gasteiger partial charge on any atom is 0.300 e. The van der Waals surface area contributed by atoms with Crippen molar-refractivity contribution in [1.29, 1.82) is 0 Å². The third-order valence-electron chi connectivity index (χ3n) is 3.22. The molecule has 0 aliphatic heterocycles. The molecule has 1 heterocycles. The molecule has 130 valence electrons. The Kier molecular flexibility index (Phi) is 4.55. The Bertz CT molecular complexity index is 1040. The molecule has 24 heavy (non-hydrogen) atoms. The lowest BCUT2D eigenvalue weighted by molar-refractivity contribution is 0.389. The fourth-order valence-electron chi connectivity index (χ4n) is 2.32. The Morgan fingerprint density at radius 2 is 1.58 bits per heavy atom. The van der Waals surface area contributed by atoms with Crippen molar-refractivity contribution in [2.75, 3.05) is 0 Å². The Morgan fingerprint density at radius 3 is 2.04 bits per heavy atom. The van der Waals surface area contributed by atoms with E-state index in [-0.39, 0.29) is 15.7 Å². The average Bonchev–Trinajstić information content (AvgIpc) is 2.40. The predicted octanol–water partition coefficient (Wildman–Crippen LogP) is 0.544. The number of aromatic hydroxyl groups is 1. The molecule has 0 spiro atoms. The molecule has 3 N–H and O–H groups in total. The summed E-state index contributed by atoms with van der Waals surface area (Å²) >= 11 is 0. The van der Waals surface area contributed by atoms with E-state index >= 15 is 0 Å². The van der Waals surface area contributed by atoms with Crippen molar-refractivity contribution in [2.24, 2.45) is 0 Å². The number of hydrogen-bond donors (Lipinski definition) is 3. The molecule has 0 fully saturated rings. The summed E-state index contributed by atoms with van der Waals surface area (Å²) in [5.74, 6) is -0.892. The molecule has 11 heteroatoms. The third kappa shape index (κ3) is 3.33. The molecule has 1 unspecified atom stereocenters. The zero-order valence-corrected chi connectivity index (χ0v) is 13.8. The van der Waals surface area contributed by atoms with Gasteiger partial charge < -0.3 is 5.11 Å². The van der Waals surface area contributed by atoms with Crippen LogP contribution in [0.25, 0.3) is 0 Å². The Balaban J connectivity index is 2.95. The number of nitrogens with zero attached hydrogens (tertiary/aromatic N) is 1. The fraction of sp³-hybridized carbons (Fsp3) is 0.154. The van der Waals surface area contributed by atoms with E-state index in [1.807, 2.05) is 0 Å². The van der Waals surface area contributed by atoms with Crippen LogP contribution in [0.15, 0.2) is 46.1 Å². The van der Waals surface area contributed by atoms with Crippen molar-refractivity contribution in [2.45, 2.75) is 17.2 Å². The van der Waals surface area contributed by atoms with Crippen LogP contribution in [-0.2, 0) is 20.2 Å². The molecule has 1 aromatic heterocycles. The second-order valence-electron chi connectivity index (χ2n) is 4.94. The van der Waals surface area contributed by atoms with Crippen LogP contribution in [0.5, 0.6) is 5.88 Å². The van der Waals surface area contributed by atoms with Gasteiger partial charge in [0.15, 0.2) is 16.1 Å². The zero-order chi connectivity index (χ0) is 18.3. The van der Waals surface area contributed by atoms with Crippen LogP contribution >= 0.6 is 0 Å². The topological polar surface area (TPSA) is 151 Å². The molecular weight excluding hydrogens is 362 g/mol. The van der Waals surface area contributed by atoms with Crippen LogP contribution in [0.1, 0.15) is 16.5 Å². The van der Waals surface area contributed by atoms with Crippen LogP contribution in [0.3, 0.4) is 0 Å². The highest BCUT2D eigenvalue weighted by Crippen LogP contribution is 2.28. The summed E-state index contributed by atoms with van der Waals surface area (Å²) in [7, 11) is -9.95. The summed E-state index contributed by atoms with van der Waals surface area (Å²) in [4.78, 5) is 11.3. The van der Waals surface area contributed by atoms with Crippen molar-refractivity contribution >= 4 is 20.2 Å². The van der Waals surface area contributed by atoms with E-state index in [1.54, 1.807) is 6.07 Å². The van der Waals surface area contributed by atoms with E-state index in [2.05, 4.69) is 0 Å². The summed E-state index contributed by atoms with van der Waals surface area (Å²) in [6.07, 6.45) is 0. The lowest BCUT2D eigenvalue weighted by atomic mass is 10.2. The summed E-state index contributed by atoms with van der Waals surface area (Å²) in [5.41, 5.74) is -1.86. The molecule has 2 rings (SSSR count). The van der Waals surface area contributed by atoms with E-state index < -0.39 is 41.9 Å². The average molecular weight is 375 g/mol. The number of benzene rings is 1. The molecule has 9 nitrogen and oxygen atoms in total. The minimum atomic E-state index is -4.99. The number of aryl methyl sites for hydroxylation is 1. The van der Waals surface area contributed by atoms with Gasteiger partial charge in [-0.2, -0.15) is 16.8 Å². The summed E-state index contributed by atoms with van der Waals surface area (Å²) < 4.78 is 65.2. The second kappa shape index (κ2) is 6.02. The van der Waals surface area contributed by atoms with Crippen molar-refractivity contribution in [3.63, 3.8) is 0 Å². The first-order valence-corrected chi connectivity index (χ1v) is 9.32. The highest BCUT2D eigenvalue weighted by molar-refractivity contribution is 7.86. The van der Waals surface area contributed by atoms with Crippen LogP contribution in [0, 0.1) is 6.92 Å². The molecule has 0 aliphatic carbocycles. The number of rotatable bonds is 4. The molecule has 0 radical (unpaired) electrons. The van der Waals surface area contributed by atoms with Gasteiger partial charge >= 0.3 is 0 Å².